The maximum absolute atomic E-state index is 13.9. The van der Waals surface area contributed by atoms with Crippen molar-refractivity contribution in [3.63, 3.8) is 0 Å². The van der Waals surface area contributed by atoms with Gasteiger partial charge in [-0.1, -0.05) is 32.9 Å². The highest BCUT2D eigenvalue weighted by molar-refractivity contribution is 7.99. The molecule has 2 aliphatic rings. The van der Waals surface area contributed by atoms with Crippen molar-refractivity contribution in [2.75, 3.05) is 24.6 Å². The van der Waals surface area contributed by atoms with E-state index in [4.69, 9.17) is 17.2 Å². The van der Waals surface area contributed by atoms with Crippen molar-refractivity contribution in [2.24, 2.45) is 27.6 Å². The molecule has 1 aromatic rings. The lowest BCUT2D eigenvalue weighted by molar-refractivity contribution is -0.139. The number of hydrogen-bond acceptors (Lipinski definition) is 9. The fourth-order valence-corrected chi connectivity index (χ4v) is 7.54. The third kappa shape index (κ3) is 12.4. The highest BCUT2D eigenvalue weighted by Gasteiger charge is 2.37. The molecule has 0 aromatic heterocycles. The molecule has 50 heavy (non-hydrogen) atoms. The van der Waals surface area contributed by atoms with Gasteiger partial charge in [-0.15, -0.1) is 11.8 Å². The number of nitrogens with one attached hydrogen (secondary N) is 4. The molecule has 15 nitrogen and oxygen atoms in total. The number of nitrogens with two attached hydrogens (primary N) is 3. The van der Waals surface area contributed by atoms with E-state index in [2.05, 4.69) is 26.3 Å². The van der Waals surface area contributed by atoms with Crippen LogP contribution in [0.1, 0.15) is 65.4 Å². The van der Waals surface area contributed by atoms with Gasteiger partial charge in [0, 0.05) is 41.7 Å². The molecule has 10 N–H and O–H groups in total. The van der Waals surface area contributed by atoms with E-state index < -0.39 is 65.2 Å². The first-order valence-corrected chi connectivity index (χ1v) is 18.9. The Morgan fingerprint density at radius 1 is 1.08 bits per heavy atom. The zero-order chi connectivity index (χ0) is 37.0. The summed E-state index contributed by atoms with van der Waals surface area (Å²) in [6.07, 6.45) is 1.88. The van der Waals surface area contributed by atoms with E-state index in [0.717, 1.165) is 10.5 Å². The maximum atomic E-state index is 13.9. The number of amides is 6. The van der Waals surface area contributed by atoms with E-state index in [1.165, 1.54) is 18.7 Å². The van der Waals surface area contributed by atoms with E-state index >= 15 is 0 Å². The molecule has 3 rings (SSSR count). The average molecular weight is 734 g/mol. The van der Waals surface area contributed by atoms with Crippen molar-refractivity contribution >= 4 is 64.9 Å². The van der Waals surface area contributed by atoms with E-state index in [1.807, 2.05) is 24.3 Å². The van der Waals surface area contributed by atoms with Crippen molar-refractivity contribution in [3.8, 4) is 0 Å². The number of carbonyl (C=O) groups is 6. The van der Waals surface area contributed by atoms with Gasteiger partial charge in [0.2, 0.25) is 35.4 Å². The maximum Gasteiger partial charge on any atom is 0.244 e. The van der Waals surface area contributed by atoms with E-state index in [-0.39, 0.29) is 37.0 Å². The van der Waals surface area contributed by atoms with Crippen LogP contribution in [0.3, 0.4) is 0 Å². The quantitative estimate of drug-likeness (QED) is 0.101. The topological polar surface area (TPSA) is 244 Å². The van der Waals surface area contributed by atoms with Gasteiger partial charge in [-0.05, 0) is 55.7 Å². The number of primary amides is 1. The molecule has 2 heterocycles. The molecule has 0 aliphatic carbocycles. The highest BCUT2D eigenvalue weighted by atomic mass is 32.2. The van der Waals surface area contributed by atoms with E-state index in [1.54, 1.807) is 37.4 Å². The second-order valence-electron chi connectivity index (χ2n) is 13.5. The van der Waals surface area contributed by atoms with Crippen LogP contribution in [0.4, 0.5) is 0 Å². The molecule has 6 amide bonds. The lowest BCUT2D eigenvalue weighted by Gasteiger charge is -2.31. The fraction of sp³-hybridized carbons (Fsp3) is 0.606. The Bertz CT molecular complexity index is 1430. The van der Waals surface area contributed by atoms with Crippen molar-refractivity contribution in [3.05, 3.63) is 29.8 Å². The molecule has 17 heteroatoms. The minimum absolute atomic E-state index is 0.113. The largest absolute Gasteiger partial charge is 0.370 e. The molecule has 0 spiro atoms. The standard InChI is InChI=1S/C33H51N9O6S2/c1-19-28(45)40-23(30(47)39-22(10-6-13-37-32(35)36)29(46)41-26(27(34)44)33(2,3)4)18-49-17-20-8-5-9-21(16-20)50-15-12-25(43)42-14-7-11-24(42)31(48)38-19/h5,8-9,16,19,22-24,26H,6-7,10-15,17-18H2,1-4H3,(H2,34,44)(H,38,48)(H,39,47)(H,40,45)(H,41,46)(H4,35,36,37)/t19?,22-,23-,24-,26+/m0/s1. The first-order valence-electron chi connectivity index (χ1n) is 16.7. The van der Waals surface area contributed by atoms with Crippen molar-refractivity contribution < 1.29 is 28.8 Å². The summed E-state index contributed by atoms with van der Waals surface area (Å²) in [5, 5.41) is 10.9. The molecule has 0 saturated carbocycles. The summed E-state index contributed by atoms with van der Waals surface area (Å²) in [4.78, 5) is 85.8. The molecule has 1 saturated heterocycles. The van der Waals surface area contributed by atoms with Gasteiger partial charge in [0.05, 0.1) is 0 Å². The van der Waals surface area contributed by atoms with E-state index in [9.17, 15) is 28.8 Å². The molecule has 276 valence electrons. The van der Waals surface area contributed by atoms with Gasteiger partial charge >= 0.3 is 0 Å². The number of thioether (sulfide) groups is 2. The molecular formula is C33H51N9O6S2. The van der Waals surface area contributed by atoms with Crippen LogP contribution in [0.5, 0.6) is 0 Å². The van der Waals surface area contributed by atoms with Gasteiger partial charge in [-0.25, -0.2) is 0 Å². The van der Waals surface area contributed by atoms with Crippen molar-refractivity contribution in [1.82, 2.24) is 26.2 Å². The Hall–Kier alpha value is -3.99. The number of guanidine groups is 1. The number of aliphatic imine (C=N–C) groups is 1. The lowest BCUT2D eigenvalue weighted by Crippen LogP contribution is -2.60. The summed E-state index contributed by atoms with van der Waals surface area (Å²) in [5.41, 5.74) is 16.8. The predicted molar refractivity (Wildman–Crippen MR) is 195 cm³/mol. The monoisotopic (exact) mass is 733 g/mol. The van der Waals surface area contributed by atoms with Gasteiger partial charge in [-0.3, -0.25) is 33.8 Å². The first-order chi connectivity index (χ1) is 23.6. The SMILES string of the molecule is CC1NC(=O)[C@@H]2CCCN2C(=O)CCSc2cccc(c2)CSC[C@@H](C(=O)N[C@@H](CCCN=C(N)N)C(=O)N[C@H](C(N)=O)C(C)(C)C)NC1=O. The number of carbonyl (C=O) groups excluding carboxylic acids is 6. The third-order valence-corrected chi connectivity index (χ3v) is 10.4. The Morgan fingerprint density at radius 2 is 1.82 bits per heavy atom. The molecular weight excluding hydrogens is 683 g/mol. The average Bonchev–Trinajstić information content (AvgIpc) is 3.54. The molecule has 1 fully saturated rings. The van der Waals surface area contributed by atoms with Gasteiger partial charge in [-0.2, -0.15) is 11.8 Å². The Morgan fingerprint density at radius 3 is 2.50 bits per heavy atom. The van der Waals surface area contributed by atoms with Crippen molar-refractivity contribution in [2.45, 2.75) is 101 Å². The van der Waals surface area contributed by atoms with Gasteiger partial charge in [0.15, 0.2) is 5.96 Å². The van der Waals surface area contributed by atoms with Crippen LogP contribution in [0.2, 0.25) is 0 Å². The number of fused-ring (bicyclic) bond motifs is 3. The number of rotatable bonds is 9. The van der Waals surface area contributed by atoms with Crippen LogP contribution < -0.4 is 38.5 Å². The fourth-order valence-electron chi connectivity index (χ4n) is 5.61. The molecule has 1 aromatic carbocycles. The summed E-state index contributed by atoms with van der Waals surface area (Å²) >= 11 is 2.97. The van der Waals surface area contributed by atoms with Crippen LogP contribution in [0.15, 0.2) is 34.2 Å². The Kier molecular flexibility index (Phi) is 15.2. The zero-order valence-corrected chi connectivity index (χ0v) is 30.8. The Labute approximate surface area is 301 Å². The molecule has 0 radical (unpaired) electrons. The first kappa shape index (κ1) is 40.4. The van der Waals surface area contributed by atoms with Gasteiger partial charge in [0.25, 0.3) is 0 Å². The lowest BCUT2D eigenvalue weighted by atomic mass is 9.86. The minimum atomic E-state index is -1.12. The molecule has 5 atom stereocenters. The summed E-state index contributed by atoms with van der Waals surface area (Å²) in [6.45, 7) is 7.41. The predicted octanol–water partition coefficient (Wildman–Crippen LogP) is -0.0493. The van der Waals surface area contributed by atoms with Gasteiger partial charge < -0.3 is 43.4 Å². The van der Waals surface area contributed by atoms with Gasteiger partial charge in [0.1, 0.15) is 30.2 Å². The second-order valence-corrected chi connectivity index (χ2v) is 15.7. The van der Waals surface area contributed by atoms with Crippen LogP contribution in [-0.2, 0) is 34.5 Å². The van der Waals surface area contributed by atoms with E-state index in [0.29, 0.717) is 37.3 Å². The highest BCUT2D eigenvalue weighted by Crippen LogP contribution is 2.25. The minimum Gasteiger partial charge on any atom is -0.370 e. The normalized spacial score (nSPS) is 22.0. The van der Waals surface area contributed by atoms with Crippen LogP contribution in [0.25, 0.3) is 0 Å². The second kappa shape index (κ2) is 18.8. The summed E-state index contributed by atoms with van der Waals surface area (Å²) in [7, 11) is 0. The number of benzene rings is 1. The molecule has 2 aliphatic heterocycles. The number of nitrogens with zero attached hydrogens (tertiary/aromatic N) is 2. The molecule has 1 unspecified atom stereocenters. The summed E-state index contributed by atoms with van der Waals surface area (Å²) in [6, 6.07) is 2.92. The van der Waals surface area contributed by atoms with Crippen molar-refractivity contribution in [1.29, 1.82) is 0 Å². The number of hydrogen-bond donors (Lipinski definition) is 7. The van der Waals surface area contributed by atoms with Crippen LogP contribution in [0, 0.1) is 5.41 Å². The van der Waals surface area contributed by atoms with Crippen LogP contribution >= 0.6 is 23.5 Å². The smallest absolute Gasteiger partial charge is 0.244 e. The third-order valence-electron chi connectivity index (χ3n) is 8.31. The molecule has 2 bridgehead atoms. The summed E-state index contributed by atoms with van der Waals surface area (Å²) < 4.78 is 0. The Balaban J connectivity index is 1.86. The zero-order valence-electron chi connectivity index (χ0n) is 29.2. The van der Waals surface area contributed by atoms with Crippen LogP contribution in [-0.4, -0.2) is 101 Å². The summed E-state index contributed by atoms with van der Waals surface area (Å²) in [5.74, 6) is -2.05.